The smallest absolute Gasteiger partial charge is 0.340 e. The molecule has 0 aliphatic carbocycles. The predicted molar refractivity (Wildman–Crippen MR) is 92.9 cm³/mol. The van der Waals surface area contributed by atoms with Crippen molar-refractivity contribution in [1.82, 2.24) is 15.7 Å². The number of urea groups is 1. The highest BCUT2D eigenvalue weighted by Gasteiger charge is 2.09. The van der Waals surface area contributed by atoms with Gasteiger partial charge in [0.15, 0.2) is 0 Å². The summed E-state index contributed by atoms with van der Waals surface area (Å²) in [6.45, 7) is 0.452. The standard InChI is InChI=1S/C18H21N3O4/c1-19-18(23)21(24)12-6-11-20-17(22)14-7-5-10-16(13-14)25-15-8-3-2-4-9-15/h2-5,7-10,13,24H,6,11-12H2,1H3,(H,19,23)(H,20,22). The molecule has 2 rings (SSSR count). The van der Waals surface area contributed by atoms with E-state index in [2.05, 4.69) is 10.6 Å². The summed E-state index contributed by atoms with van der Waals surface area (Å²) in [5.74, 6) is 1.01. The lowest BCUT2D eigenvalue weighted by molar-refractivity contribution is -0.0427. The zero-order chi connectivity index (χ0) is 18.1. The summed E-state index contributed by atoms with van der Waals surface area (Å²) >= 11 is 0. The highest BCUT2D eigenvalue weighted by molar-refractivity contribution is 5.94. The molecule has 0 radical (unpaired) electrons. The number of amides is 3. The molecular formula is C18H21N3O4. The Bertz CT molecular complexity index is 706. The van der Waals surface area contributed by atoms with Crippen LogP contribution in [0.4, 0.5) is 4.79 Å². The molecule has 0 saturated heterocycles. The Labute approximate surface area is 146 Å². The van der Waals surface area contributed by atoms with E-state index < -0.39 is 6.03 Å². The molecule has 0 bridgehead atoms. The molecular weight excluding hydrogens is 322 g/mol. The topological polar surface area (TPSA) is 90.9 Å². The van der Waals surface area contributed by atoms with Crippen LogP contribution in [0.2, 0.25) is 0 Å². The van der Waals surface area contributed by atoms with Crippen molar-refractivity contribution in [3.63, 3.8) is 0 Å². The van der Waals surface area contributed by atoms with E-state index in [0.29, 0.717) is 35.1 Å². The number of ether oxygens (including phenoxy) is 1. The fourth-order valence-electron chi connectivity index (χ4n) is 2.09. The summed E-state index contributed by atoms with van der Waals surface area (Å²) in [6, 6.07) is 15.6. The summed E-state index contributed by atoms with van der Waals surface area (Å²) in [5, 5.41) is 15.0. The molecule has 0 spiro atoms. The molecule has 0 saturated carbocycles. The SMILES string of the molecule is CNC(=O)N(O)CCCNC(=O)c1cccc(Oc2ccccc2)c1. The second-order valence-corrected chi connectivity index (χ2v) is 5.23. The number of carbonyl (C=O) groups excluding carboxylic acids is 2. The number of hydroxylamine groups is 2. The molecule has 3 amide bonds. The molecule has 0 aromatic heterocycles. The molecule has 0 aliphatic heterocycles. The number of rotatable bonds is 7. The molecule has 132 valence electrons. The van der Waals surface area contributed by atoms with Gasteiger partial charge in [-0.1, -0.05) is 24.3 Å². The quantitative estimate of drug-likeness (QED) is 0.409. The van der Waals surface area contributed by atoms with Gasteiger partial charge < -0.3 is 15.4 Å². The first-order valence-corrected chi connectivity index (χ1v) is 7.89. The largest absolute Gasteiger partial charge is 0.457 e. The van der Waals surface area contributed by atoms with Crippen LogP contribution >= 0.6 is 0 Å². The second-order valence-electron chi connectivity index (χ2n) is 5.23. The zero-order valence-corrected chi connectivity index (χ0v) is 13.9. The van der Waals surface area contributed by atoms with Crippen LogP contribution in [0.15, 0.2) is 54.6 Å². The van der Waals surface area contributed by atoms with E-state index in [-0.39, 0.29) is 12.5 Å². The van der Waals surface area contributed by atoms with E-state index in [1.807, 2.05) is 30.3 Å². The Morgan fingerprint density at radius 3 is 2.52 bits per heavy atom. The van der Waals surface area contributed by atoms with Gasteiger partial charge in [-0.25, -0.2) is 9.86 Å². The number of nitrogens with one attached hydrogen (secondary N) is 2. The fourth-order valence-corrected chi connectivity index (χ4v) is 2.09. The monoisotopic (exact) mass is 343 g/mol. The summed E-state index contributed by atoms with van der Waals surface area (Å²) in [4.78, 5) is 23.3. The van der Waals surface area contributed by atoms with Crippen LogP contribution in [0.25, 0.3) is 0 Å². The third-order valence-corrected chi connectivity index (χ3v) is 3.36. The minimum atomic E-state index is -0.586. The predicted octanol–water partition coefficient (Wildman–Crippen LogP) is 2.63. The van der Waals surface area contributed by atoms with Gasteiger partial charge in [0.1, 0.15) is 11.5 Å². The number of hydrogen-bond donors (Lipinski definition) is 3. The molecule has 0 unspecified atom stereocenters. The van der Waals surface area contributed by atoms with E-state index >= 15 is 0 Å². The lowest BCUT2D eigenvalue weighted by Gasteiger charge is -2.14. The van der Waals surface area contributed by atoms with Crippen LogP contribution in [0.5, 0.6) is 11.5 Å². The van der Waals surface area contributed by atoms with Crippen LogP contribution in [0, 0.1) is 0 Å². The normalized spacial score (nSPS) is 10.0. The average molecular weight is 343 g/mol. The number of para-hydroxylation sites is 1. The van der Waals surface area contributed by atoms with Crippen molar-refractivity contribution >= 4 is 11.9 Å². The van der Waals surface area contributed by atoms with Crippen molar-refractivity contribution in [2.45, 2.75) is 6.42 Å². The lowest BCUT2D eigenvalue weighted by atomic mass is 10.2. The minimum Gasteiger partial charge on any atom is -0.457 e. The van der Waals surface area contributed by atoms with Crippen molar-refractivity contribution in [2.75, 3.05) is 20.1 Å². The highest BCUT2D eigenvalue weighted by atomic mass is 16.5. The third kappa shape index (κ3) is 5.82. The second kappa shape index (κ2) is 9.29. The van der Waals surface area contributed by atoms with E-state index in [0.717, 1.165) is 0 Å². The Hall–Kier alpha value is -3.06. The lowest BCUT2D eigenvalue weighted by Crippen LogP contribution is -2.37. The third-order valence-electron chi connectivity index (χ3n) is 3.36. The molecule has 2 aromatic carbocycles. The number of benzene rings is 2. The highest BCUT2D eigenvalue weighted by Crippen LogP contribution is 2.21. The average Bonchev–Trinajstić information content (AvgIpc) is 2.65. The van der Waals surface area contributed by atoms with E-state index in [4.69, 9.17) is 4.74 Å². The molecule has 0 atom stereocenters. The van der Waals surface area contributed by atoms with Crippen molar-refractivity contribution in [3.05, 3.63) is 60.2 Å². The van der Waals surface area contributed by atoms with Gasteiger partial charge in [0, 0.05) is 19.2 Å². The Morgan fingerprint density at radius 2 is 1.80 bits per heavy atom. The van der Waals surface area contributed by atoms with Gasteiger partial charge in [0.05, 0.1) is 6.54 Å². The summed E-state index contributed by atoms with van der Waals surface area (Å²) in [5.41, 5.74) is 0.473. The van der Waals surface area contributed by atoms with Crippen LogP contribution in [-0.4, -0.2) is 42.3 Å². The Kier molecular flexibility index (Phi) is 6.79. The van der Waals surface area contributed by atoms with Crippen LogP contribution in [-0.2, 0) is 0 Å². The molecule has 0 fully saturated rings. The molecule has 0 aliphatic rings. The number of nitrogens with zero attached hydrogens (tertiary/aromatic N) is 1. The maximum Gasteiger partial charge on any atom is 0.340 e. The zero-order valence-electron chi connectivity index (χ0n) is 13.9. The molecule has 7 heteroatoms. The van der Waals surface area contributed by atoms with Gasteiger partial charge in [-0.05, 0) is 36.8 Å². The Balaban J connectivity index is 1.83. The van der Waals surface area contributed by atoms with E-state index in [1.165, 1.54) is 7.05 Å². The van der Waals surface area contributed by atoms with Crippen LogP contribution in [0.1, 0.15) is 16.8 Å². The maximum absolute atomic E-state index is 12.2. The molecule has 0 heterocycles. The molecule has 25 heavy (non-hydrogen) atoms. The van der Waals surface area contributed by atoms with Gasteiger partial charge in [0.2, 0.25) is 0 Å². The van der Waals surface area contributed by atoms with Gasteiger partial charge in [-0.3, -0.25) is 10.0 Å². The first kappa shape index (κ1) is 18.3. The van der Waals surface area contributed by atoms with Crippen LogP contribution < -0.4 is 15.4 Å². The first-order chi connectivity index (χ1) is 12.1. The molecule has 3 N–H and O–H groups in total. The molecule has 7 nitrogen and oxygen atoms in total. The minimum absolute atomic E-state index is 0.122. The maximum atomic E-state index is 12.2. The van der Waals surface area contributed by atoms with Gasteiger partial charge in [0.25, 0.3) is 5.91 Å². The Morgan fingerprint density at radius 1 is 1.08 bits per heavy atom. The summed E-state index contributed by atoms with van der Waals surface area (Å²) < 4.78 is 5.70. The van der Waals surface area contributed by atoms with E-state index in [1.54, 1.807) is 24.3 Å². The number of hydrogen-bond acceptors (Lipinski definition) is 4. The van der Waals surface area contributed by atoms with Crippen molar-refractivity contribution < 1.29 is 19.5 Å². The van der Waals surface area contributed by atoms with Gasteiger partial charge >= 0.3 is 6.03 Å². The van der Waals surface area contributed by atoms with Crippen molar-refractivity contribution in [1.29, 1.82) is 0 Å². The van der Waals surface area contributed by atoms with Crippen molar-refractivity contribution in [3.8, 4) is 11.5 Å². The molecule has 2 aromatic rings. The van der Waals surface area contributed by atoms with Crippen molar-refractivity contribution in [2.24, 2.45) is 0 Å². The summed E-state index contributed by atoms with van der Waals surface area (Å²) in [6.07, 6.45) is 0.426. The van der Waals surface area contributed by atoms with Crippen LogP contribution in [0.3, 0.4) is 0 Å². The fraction of sp³-hybridized carbons (Fsp3) is 0.222. The first-order valence-electron chi connectivity index (χ1n) is 7.89. The van der Waals surface area contributed by atoms with Gasteiger partial charge in [-0.15, -0.1) is 0 Å². The van der Waals surface area contributed by atoms with Gasteiger partial charge in [-0.2, -0.15) is 0 Å². The number of carbonyl (C=O) groups is 2. The van der Waals surface area contributed by atoms with E-state index in [9.17, 15) is 14.8 Å². The summed E-state index contributed by atoms with van der Waals surface area (Å²) in [7, 11) is 1.43.